The maximum atomic E-state index is 10.2. The minimum Gasteiger partial charge on any atom is -0.391 e. The molecule has 21 heavy (non-hydrogen) atoms. The summed E-state index contributed by atoms with van der Waals surface area (Å²) in [6.45, 7) is 15.6. The number of aliphatic hydroxyl groups excluding tert-OH is 1. The Balaban J connectivity index is 1.93. The summed E-state index contributed by atoms with van der Waals surface area (Å²) in [4.78, 5) is 4.86. The zero-order valence-electron chi connectivity index (χ0n) is 14.2. The minimum absolute atomic E-state index is 0.0374. The first-order chi connectivity index (χ1) is 9.79. The second-order valence-corrected chi connectivity index (χ2v) is 7.39. The molecule has 0 aliphatic carbocycles. The standard InChI is InChI=1S/C18H30N2O/c1-14-7-6-8-16(15(14)2)20-11-9-19(10-12-20)13-17(21)18(3,4)5/h6-8,17,21H,9-13H2,1-5H3. The van der Waals surface area contributed by atoms with Gasteiger partial charge in [-0.1, -0.05) is 32.9 Å². The van der Waals surface area contributed by atoms with Crippen LogP contribution in [-0.4, -0.2) is 48.8 Å². The highest BCUT2D eigenvalue weighted by Gasteiger charge is 2.26. The zero-order valence-corrected chi connectivity index (χ0v) is 14.2. The Morgan fingerprint density at radius 3 is 2.29 bits per heavy atom. The fourth-order valence-electron chi connectivity index (χ4n) is 2.77. The second-order valence-electron chi connectivity index (χ2n) is 7.39. The number of nitrogens with zero attached hydrogens (tertiary/aromatic N) is 2. The topological polar surface area (TPSA) is 26.7 Å². The van der Waals surface area contributed by atoms with Crippen LogP contribution >= 0.6 is 0 Å². The van der Waals surface area contributed by atoms with E-state index in [4.69, 9.17) is 0 Å². The van der Waals surface area contributed by atoms with Crippen molar-refractivity contribution in [2.75, 3.05) is 37.6 Å². The Labute approximate surface area is 129 Å². The van der Waals surface area contributed by atoms with E-state index >= 15 is 0 Å². The van der Waals surface area contributed by atoms with Crippen molar-refractivity contribution in [3.63, 3.8) is 0 Å². The normalized spacial score (nSPS) is 18.9. The van der Waals surface area contributed by atoms with Crippen molar-refractivity contribution in [3.8, 4) is 0 Å². The lowest BCUT2D eigenvalue weighted by Crippen LogP contribution is -2.50. The molecule has 1 aliphatic heterocycles. The number of β-amino-alcohol motifs (C(OH)–C–C–N with tert-alkyl or cyclic N) is 1. The number of rotatable bonds is 3. The van der Waals surface area contributed by atoms with Crippen LogP contribution in [0.3, 0.4) is 0 Å². The molecule has 3 nitrogen and oxygen atoms in total. The first-order valence-electron chi connectivity index (χ1n) is 8.00. The Bertz CT molecular complexity index is 471. The molecular weight excluding hydrogens is 260 g/mol. The number of piperazine rings is 1. The van der Waals surface area contributed by atoms with E-state index in [1.165, 1.54) is 16.8 Å². The number of benzene rings is 1. The summed E-state index contributed by atoms with van der Waals surface area (Å²) in [6, 6.07) is 6.55. The van der Waals surface area contributed by atoms with Crippen LogP contribution in [0.5, 0.6) is 0 Å². The van der Waals surface area contributed by atoms with Gasteiger partial charge in [-0.25, -0.2) is 0 Å². The van der Waals surface area contributed by atoms with Crippen molar-refractivity contribution in [2.24, 2.45) is 5.41 Å². The third kappa shape index (κ3) is 3.98. The SMILES string of the molecule is Cc1cccc(N2CCN(CC(O)C(C)(C)C)CC2)c1C. The molecule has 0 bridgehead atoms. The first-order valence-corrected chi connectivity index (χ1v) is 8.00. The quantitative estimate of drug-likeness (QED) is 0.927. The highest BCUT2D eigenvalue weighted by atomic mass is 16.3. The Morgan fingerprint density at radius 2 is 1.71 bits per heavy atom. The van der Waals surface area contributed by atoms with Crippen LogP contribution < -0.4 is 4.90 Å². The molecule has 1 saturated heterocycles. The van der Waals surface area contributed by atoms with Crippen LogP contribution in [0.25, 0.3) is 0 Å². The van der Waals surface area contributed by atoms with Gasteiger partial charge in [-0.2, -0.15) is 0 Å². The molecule has 1 atom stereocenters. The zero-order chi connectivity index (χ0) is 15.6. The van der Waals surface area contributed by atoms with Gasteiger partial charge in [-0.05, 0) is 36.5 Å². The van der Waals surface area contributed by atoms with Crippen LogP contribution in [0.15, 0.2) is 18.2 Å². The van der Waals surface area contributed by atoms with Crippen molar-refractivity contribution in [1.82, 2.24) is 4.90 Å². The molecule has 1 N–H and O–H groups in total. The molecule has 1 heterocycles. The van der Waals surface area contributed by atoms with E-state index in [-0.39, 0.29) is 11.5 Å². The molecule has 0 saturated carbocycles. The molecule has 1 aromatic carbocycles. The van der Waals surface area contributed by atoms with Crippen LogP contribution in [0, 0.1) is 19.3 Å². The number of anilines is 1. The maximum absolute atomic E-state index is 10.2. The number of hydrogen-bond donors (Lipinski definition) is 1. The lowest BCUT2D eigenvalue weighted by Gasteiger charge is -2.39. The van der Waals surface area contributed by atoms with E-state index in [0.29, 0.717) is 0 Å². The van der Waals surface area contributed by atoms with E-state index < -0.39 is 0 Å². The van der Waals surface area contributed by atoms with E-state index in [9.17, 15) is 5.11 Å². The molecule has 0 aromatic heterocycles. The molecule has 1 aromatic rings. The molecule has 0 radical (unpaired) electrons. The third-order valence-corrected chi connectivity index (χ3v) is 4.72. The molecule has 1 unspecified atom stereocenters. The van der Waals surface area contributed by atoms with Crippen molar-refractivity contribution < 1.29 is 5.11 Å². The average molecular weight is 290 g/mol. The smallest absolute Gasteiger partial charge is 0.0715 e. The summed E-state index contributed by atoms with van der Waals surface area (Å²) in [5, 5.41) is 10.2. The van der Waals surface area contributed by atoms with Gasteiger partial charge in [0.1, 0.15) is 0 Å². The highest BCUT2D eigenvalue weighted by Crippen LogP contribution is 2.25. The predicted molar refractivity (Wildman–Crippen MR) is 90.0 cm³/mol. The monoisotopic (exact) mass is 290 g/mol. The molecule has 0 amide bonds. The fourth-order valence-corrected chi connectivity index (χ4v) is 2.77. The lowest BCUT2D eigenvalue weighted by atomic mass is 9.89. The molecule has 118 valence electrons. The molecule has 0 spiro atoms. The van der Waals surface area contributed by atoms with E-state index in [1.54, 1.807) is 0 Å². The van der Waals surface area contributed by atoms with Crippen molar-refractivity contribution in [3.05, 3.63) is 29.3 Å². The van der Waals surface area contributed by atoms with Crippen molar-refractivity contribution in [2.45, 2.75) is 40.7 Å². The molecule has 3 heteroatoms. The van der Waals surface area contributed by atoms with E-state index in [0.717, 1.165) is 32.7 Å². The van der Waals surface area contributed by atoms with Crippen LogP contribution in [0.1, 0.15) is 31.9 Å². The van der Waals surface area contributed by atoms with Gasteiger partial charge in [0.2, 0.25) is 0 Å². The van der Waals surface area contributed by atoms with Gasteiger partial charge in [0.05, 0.1) is 6.10 Å². The van der Waals surface area contributed by atoms with Crippen LogP contribution in [0.2, 0.25) is 0 Å². The van der Waals surface area contributed by atoms with Gasteiger partial charge in [-0.3, -0.25) is 4.90 Å². The largest absolute Gasteiger partial charge is 0.391 e. The van der Waals surface area contributed by atoms with Gasteiger partial charge in [0.25, 0.3) is 0 Å². The van der Waals surface area contributed by atoms with E-state index in [2.05, 4.69) is 62.6 Å². The van der Waals surface area contributed by atoms with Gasteiger partial charge in [-0.15, -0.1) is 0 Å². The summed E-state index contributed by atoms with van der Waals surface area (Å²) in [5.41, 5.74) is 4.08. The number of aryl methyl sites for hydroxylation is 1. The van der Waals surface area contributed by atoms with Gasteiger partial charge in [0.15, 0.2) is 0 Å². The summed E-state index contributed by atoms with van der Waals surface area (Å²) >= 11 is 0. The van der Waals surface area contributed by atoms with Gasteiger partial charge in [0, 0.05) is 38.4 Å². The molecule has 1 fully saturated rings. The van der Waals surface area contributed by atoms with Crippen LogP contribution in [0.4, 0.5) is 5.69 Å². The second kappa shape index (κ2) is 6.37. The Morgan fingerprint density at radius 1 is 1.10 bits per heavy atom. The summed E-state index contributed by atoms with van der Waals surface area (Å²) in [5.74, 6) is 0. The fraction of sp³-hybridized carbons (Fsp3) is 0.667. The van der Waals surface area contributed by atoms with Crippen molar-refractivity contribution >= 4 is 5.69 Å². The number of hydrogen-bond acceptors (Lipinski definition) is 3. The maximum Gasteiger partial charge on any atom is 0.0715 e. The molecular formula is C18H30N2O. The van der Waals surface area contributed by atoms with E-state index in [1.807, 2.05) is 0 Å². The number of aliphatic hydroxyl groups is 1. The minimum atomic E-state index is -0.259. The Kier molecular flexibility index (Phi) is 4.95. The first kappa shape index (κ1) is 16.3. The average Bonchev–Trinajstić information content (AvgIpc) is 2.42. The summed E-state index contributed by atoms with van der Waals surface area (Å²) in [6.07, 6.45) is -0.259. The van der Waals surface area contributed by atoms with Crippen molar-refractivity contribution in [1.29, 1.82) is 0 Å². The van der Waals surface area contributed by atoms with Crippen LogP contribution in [-0.2, 0) is 0 Å². The predicted octanol–water partition coefficient (Wildman–Crippen LogP) is 2.83. The molecule has 1 aliphatic rings. The molecule has 2 rings (SSSR count). The lowest BCUT2D eigenvalue weighted by molar-refractivity contribution is 0.0270. The van der Waals surface area contributed by atoms with Gasteiger partial charge >= 0.3 is 0 Å². The van der Waals surface area contributed by atoms with Gasteiger partial charge < -0.3 is 10.0 Å². The highest BCUT2D eigenvalue weighted by molar-refractivity contribution is 5.56. The summed E-state index contributed by atoms with van der Waals surface area (Å²) in [7, 11) is 0. The summed E-state index contributed by atoms with van der Waals surface area (Å²) < 4.78 is 0. The third-order valence-electron chi connectivity index (χ3n) is 4.72. The Hall–Kier alpha value is -1.06.